The molecule has 86 valence electrons. The average molecular weight is 290 g/mol. The summed E-state index contributed by atoms with van der Waals surface area (Å²) in [5, 5.41) is 9.13. The topological polar surface area (TPSA) is 41.6 Å². The molecule has 3 nitrogen and oxygen atoms in total. The highest BCUT2D eigenvalue weighted by Crippen LogP contribution is 2.21. The number of rotatable bonds is 3. The lowest BCUT2D eigenvalue weighted by molar-refractivity contribution is 0.808. The predicted molar refractivity (Wildman–Crippen MR) is 70.0 cm³/mol. The van der Waals surface area contributed by atoms with E-state index in [0.29, 0.717) is 5.56 Å². The van der Waals surface area contributed by atoms with Crippen molar-refractivity contribution in [1.82, 2.24) is 9.55 Å². The van der Waals surface area contributed by atoms with Crippen molar-refractivity contribution in [2.24, 2.45) is 0 Å². The van der Waals surface area contributed by atoms with Crippen molar-refractivity contribution in [3.63, 3.8) is 0 Å². The third kappa shape index (κ3) is 2.40. The standard InChI is InChI=1S/C13H12BrN3/c1-2-3-13-16-6-7-17(13)12-8-11(14)5-4-10(12)9-15/h4-8H,2-3H2,1H3. The fourth-order valence-electron chi connectivity index (χ4n) is 1.76. The molecule has 0 spiro atoms. The zero-order valence-electron chi connectivity index (χ0n) is 9.52. The van der Waals surface area contributed by atoms with Gasteiger partial charge in [0.2, 0.25) is 0 Å². The number of aryl methyl sites for hydroxylation is 1. The molecule has 0 aliphatic heterocycles. The Hall–Kier alpha value is -1.60. The Balaban J connectivity index is 2.56. The van der Waals surface area contributed by atoms with Crippen LogP contribution in [-0.2, 0) is 6.42 Å². The number of hydrogen-bond donors (Lipinski definition) is 0. The van der Waals surface area contributed by atoms with Gasteiger partial charge in [-0.2, -0.15) is 5.26 Å². The SMILES string of the molecule is CCCc1nccn1-c1cc(Br)ccc1C#N. The van der Waals surface area contributed by atoms with Gasteiger partial charge in [0.25, 0.3) is 0 Å². The molecule has 0 bridgehead atoms. The minimum absolute atomic E-state index is 0.656. The van der Waals surface area contributed by atoms with Gasteiger partial charge in [-0.05, 0) is 24.6 Å². The van der Waals surface area contributed by atoms with E-state index in [0.717, 1.165) is 28.8 Å². The van der Waals surface area contributed by atoms with Gasteiger partial charge < -0.3 is 4.57 Å². The fraction of sp³-hybridized carbons (Fsp3) is 0.231. The van der Waals surface area contributed by atoms with Crippen LogP contribution in [0.2, 0.25) is 0 Å². The van der Waals surface area contributed by atoms with Gasteiger partial charge >= 0.3 is 0 Å². The summed E-state index contributed by atoms with van der Waals surface area (Å²) in [5.74, 6) is 0.988. The first-order valence-corrected chi connectivity index (χ1v) is 6.27. The quantitative estimate of drug-likeness (QED) is 0.868. The molecule has 0 saturated heterocycles. The lowest BCUT2D eigenvalue weighted by Gasteiger charge is -2.09. The maximum Gasteiger partial charge on any atom is 0.113 e. The summed E-state index contributed by atoms with van der Waals surface area (Å²) in [6.07, 6.45) is 5.61. The Labute approximate surface area is 109 Å². The summed E-state index contributed by atoms with van der Waals surface area (Å²) in [7, 11) is 0. The van der Waals surface area contributed by atoms with Gasteiger partial charge in [0, 0.05) is 23.3 Å². The predicted octanol–water partition coefficient (Wildman–Crippen LogP) is 3.46. The molecule has 0 N–H and O–H groups in total. The van der Waals surface area contributed by atoms with Gasteiger partial charge in [0.1, 0.15) is 11.9 Å². The van der Waals surface area contributed by atoms with Crippen LogP contribution >= 0.6 is 15.9 Å². The molecule has 4 heteroatoms. The van der Waals surface area contributed by atoms with Crippen molar-refractivity contribution in [2.45, 2.75) is 19.8 Å². The van der Waals surface area contributed by atoms with Crippen LogP contribution in [0.1, 0.15) is 24.7 Å². The van der Waals surface area contributed by atoms with Crippen molar-refractivity contribution >= 4 is 15.9 Å². The molecule has 2 rings (SSSR count). The highest BCUT2D eigenvalue weighted by atomic mass is 79.9. The lowest BCUT2D eigenvalue weighted by Crippen LogP contribution is -2.02. The molecule has 0 amide bonds. The number of halogens is 1. The zero-order valence-corrected chi connectivity index (χ0v) is 11.1. The first-order valence-electron chi connectivity index (χ1n) is 5.48. The molecule has 1 aromatic carbocycles. The highest BCUT2D eigenvalue weighted by molar-refractivity contribution is 9.10. The fourth-order valence-corrected chi connectivity index (χ4v) is 2.11. The van der Waals surface area contributed by atoms with E-state index in [4.69, 9.17) is 5.26 Å². The Morgan fingerprint density at radius 1 is 1.47 bits per heavy atom. The van der Waals surface area contributed by atoms with Gasteiger partial charge in [-0.3, -0.25) is 0 Å². The first kappa shape index (κ1) is 11.9. The van der Waals surface area contributed by atoms with Crippen molar-refractivity contribution in [3.8, 4) is 11.8 Å². The van der Waals surface area contributed by atoms with E-state index < -0.39 is 0 Å². The second-order valence-corrected chi connectivity index (χ2v) is 4.65. The van der Waals surface area contributed by atoms with E-state index in [1.807, 2.05) is 29.0 Å². The van der Waals surface area contributed by atoms with E-state index in [1.54, 1.807) is 6.20 Å². The normalized spacial score (nSPS) is 10.2. The van der Waals surface area contributed by atoms with Gasteiger partial charge in [0.15, 0.2) is 0 Å². The molecule has 0 saturated carbocycles. The van der Waals surface area contributed by atoms with Gasteiger partial charge in [-0.25, -0.2) is 4.98 Å². The summed E-state index contributed by atoms with van der Waals surface area (Å²) in [5.41, 5.74) is 1.53. The molecule has 17 heavy (non-hydrogen) atoms. The summed E-state index contributed by atoms with van der Waals surface area (Å²) >= 11 is 3.43. The van der Waals surface area contributed by atoms with E-state index in [-0.39, 0.29) is 0 Å². The summed E-state index contributed by atoms with van der Waals surface area (Å²) < 4.78 is 2.94. The van der Waals surface area contributed by atoms with Crippen LogP contribution in [0, 0.1) is 11.3 Å². The second-order valence-electron chi connectivity index (χ2n) is 3.74. The second kappa shape index (κ2) is 5.15. The van der Waals surface area contributed by atoms with Gasteiger partial charge in [0.05, 0.1) is 11.3 Å². The van der Waals surface area contributed by atoms with Crippen LogP contribution in [0.3, 0.4) is 0 Å². The van der Waals surface area contributed by atoms with E-state index in [1.165, 1.54) is 0 Å². The van der Waals surface area contributed by atoms with Crippen LogP contribution in [0.5, 0.6) is 0 Å². The number of imidazole rings is 1. The molecule has 0 aliphatic rings. The molecule has 0 aliphatic carbocycles. The van der Waals surface area contributed by atoms with E-state index >= 15 is 0 Å². The zero-order chi connectivity index (χ0) is 12.3. The molecular weight excluding hydrogens is 278 g/mol. The van der Waals surface area contributed by atoms with Crippen LogP contribution in [0.15, 0.2) is 35.1 Å². The summed E-state index contributed by atoms with van der Waals surface area (Å²) in [6.45, 7) is 2.12. The minimum Gasteiger partial charge on any atom is -0.302 e. The maximum absolute atomic E-state index is 9.13. The summed E-state index contributed by atoms with van der Waals surface area (Å²) in [4.78, 5) is 4.33. The van der Waals surface area contributed by atoms with Crippen molar-refractivity contribution < 1.29 is 0 Å². The van der Waals surface area contributed by atoms with Gasteiger partial charge in [-0.1, -0.05) is 22.9 Å². The smallest absolute Gasteiger partial charge is 0.113 e. The molecule has 1 heterocycles. The molecule has 2 aromatic rings. The Bertz CT molecular complexity index is 566. The van der Waals surface area contributed by atoms with Crippen molar-refractivity contribution in [1.29, 1.82) is 5.26 Å². The third-order valence-electron chi connectivity index (χ3n) is 2.53. The largest absolute Gasteiger partial charge is 0.302 e. The highest BCUT2D eigenvalue weighted by Gasteiger charge is 2.09. The van der Waals surface area contributed by atoms with Crippen molar-refractivity contribution in [3.05, 3.63) is 46.5 Å². The number of nitriles is 1. The monoisotopic (exact) mass is 289 g/mol. The Morgan fingerprint density at radius 3 is 3.00 bits per heavy atom. The molecular formula is C13H12BrN3. The molecule has 0 atom stereocenters. The number of nitrogens with zero attached hydrogens (tertiary/aromatic N) is 3. The lowest BCUT2D eigenvalue weighted by atomic mass is 10.2. The van der Waals surface area contributed by atoms with Crippen LogP contribution in [0.25, 0.3) is 5.69 Å². The average Bonchev–Trinajstić information content (AvgIpc) is 2.77. The molecule has 0 fully saturated rings. The van der Waals surface area contributed by atoms with Crippen LogP contribution < -0.4 is 0 Å². The summed E-state index contributed by atoms with van der Waals surface area (Å²) in [6, 6.07) is 7.84. The molecule has 0 radical (unpaired) electrons. The maximum atomic E-state index is 9.13. The number of benzene rings is 1. The number of aromatic nitrogens is 2. The minimum atomic E-state index is 0.656. The van der Waals surface area contributed by atoms with E-state index in [9.17, 15) is 0 Å². The Morgan fingerprint density at radius 2 is 2.29 bits per heavy atom. The van der Waals surface area contributed by atoms with Crippen molar-refractivity contribution in [2.75, 3.05) is 0 Å². The third-order valence-corrected chi connectivity index (χ3v) is 3.02. The van der Waals surface area contributed by atoms with E-state index in [2.05, 4.69) is 33.9 Å². The molecule has 1 aromatic heterocycles. The van der Waals surface area contributed by atoms with Crippen LogP contribution in [0.4, 0.5) is 0 Å². The first-order chi connectivity index (χ1) is 8.26. The number of hydrogen-bond acceptors (Lipinski definition) is 2. The Kier molecular flexibility index (Phi) is 3.60. The van der Waals surface area contributed by atoms with Gasteiger partial charge in [-0.15, -0.1) is 0 Å². The van der Waals surface area contributed by atoms with Crippen LogP contribution in [-0.4, -0.2) is 9.55 Å². The molecule has 0 unspecified atom stereocenters.